The maximum Gasteiger partial charge on any atom is 0.414 e. The van der Waals surface area contributed by atoms with Crippen LogP contribution in [0.5, 0.6) is 11.5 Å². The van der Waals surface area contributed by atoms with Gasteiger partial charge in [0.25, 0.3) is 0 Å². The molecular weight excluding hydrogens is 364 g/mol. The minimum absolute atomic E-state index is 0.237. The highest BCUT2D eigenvalue weighted by molar-refractivity contribution is 5.83. The van der Waals surface area contributed by atoms with Gasteiger partial charge in [0.1, 0.15) is 0 Å². The van der Waals surface area contributed by atoms with E-state index in [0.29, 0.717) is 29.5 Å². The molecule has 0 aliphatic heterocycles. The van der Waals surface area contributed by atoms with Crippen LogP contribution in [0, 0.1) is 0 Å². The fraction of sp³-hybridized carbons (Fsp3) is 0.333. The van der Waals surface area contributed by atoms with Crippen LogP contribution in [0.25, 0.3) is 5.65 Å². The van der Waals surface area contributed by atoms with Gasteiger partial charge in [0.05, 0.1) is 20.3 Å². The Hall–Kier alpha value is -3.56. The van der Waals surface area contributed by atoms with E-state index >= 15 is 0 Å². The third-order valence-electron chi connectivity index (χ3n) is 3.79. The molecule has 0 fully saturated rings. The number of nitrogens with zero attached hydrogens (tertiary/aromatic N) is 4. The summed E-state index contributed by atoms with van der Waals surface area (Å²) < 4.78 is 17.2. The van der Waals surface area contributed by atoms with Gasteiger partial charge in [0.15, 0.2) is 17.3 Å². The van der Waals surface area contributed by atoms with Gasteiger partial charge < -0.3 is 19.5 Å². The number of carbonyl (C=O) groups is 1. The lowest BCUT2D eigenvalue weighted by Crippen LogP contribution is -2.19. The second-order valence-electron chi connectivity index (χ2n) is 6.12. The number of hydrogen-bond donors (Lipinski definition) is 2. The molecule has 3 rings (SSSR count). The number of methoxy groups -OCH3 is 2. The standard InChI is InChI=1S/C18H22N6O4/c1-11(2)28-18(25)21-17-23-22-16-15(19-7-8-24(16)17)20-10-12-5-6-13(26-3)14(9-12)27-4/h5-9,11H,10H2,1-4H3,(H,19,20)(H,21,23,25). The van der Waals surface area contributed by atoms with Crippen molar-refractivity contribution in [2.24, 2.45) is 0 Å². The molecule has 2 aromatic heterocycles. The molecule has 0 unspecified atom stereocenters. The molecule has 0 radical (unpaired) electrons. The van der Waals surface area contributed by atoms with Gasteiger partial charge in [0.2, 0.25) is 11.6 Å². The Morgan fingerprint density at radius 1 is 1.18 bits per heavy atom. The number of nitrogens with one attached hydrogen (secondary N) is 2. The highest BCUT2D eigenvalue weighted by Crippen LogP contribution is 2.28. The van der Waals surface area contributed by atoms with E-state index in [1.54, 1.807) is 44.9 Å². The lowest BCUT2D eigenvalue weighted by atomic mass is 10.2. The zero-order valence-corrected chi connectivity index (χ0v) is 16.1. The van der Waals surface area contributed by atoms with E-state index in [4.69, 9.17) is 14.2 Å². The number of carbonyl (C=O) groups excluding carboxylic acids is 1. The van der Waals surface area contributed by atoms with Crippen LogP contribution in [-0.4, -0.2) is 46.0 Å². The lowest BCUT2D eigenvalue weighted by molar-refractivity contribution is 0.129. The summed E-state index contributed by atoms with van der Waals surface area (Å²) in [7, 11) is 3.18. The van der Waals surface area contributed by atoms with Crippen LogP contribution in [0.4, 0.5) is 16.6 Å². The number of fused-ring (bicyclic) bond motifs is 1. The number of aromatic nitrogens is 4. The average Bonchev–Trinajstić information content (AvgIpc) is 3.08. The molecule has 28 heavy (non-hydrogen) atoms. The highest BCUT2D eigenvalue weighted by atomic mass is 16.6. The van der Waals surface area contributed by atoms with Crippen LogP contribution in [0.3, 0.4) is 0 Å². The zero-order valence-electron chi connectivity index (χ0n) is 16.1. The maximum atomic E-state index is 11.8. The van der Waals surface area contributed by atoms with Gasteiger partial charge in [0, 0.05) is 18.9 Å². The average molecular weight is 386 g/mol. The van der Waals surface area contributed by atoms with Crippen molar-refractivity contribution < 1.29 is 19.0 Å². The zero-order chi connectivity index (χ0) is 20.1. The first kappa shape index (κ1) is 19.2. The van der Waals surface area contributed by atoms with Gasteiger partial charge in [-0.05, 0) is 31.5 Å². The van der Waals surface area contributed by atoms with Gasteiger partial charge in [-0.15, -0.1) is 10.2 Å². The first-order valence-electron chi connectivity index (χ1n) is 8.64. The molecule has 1 amide bonds. The topological polar surface area (TPSA) is 112 Å². The number of ether oxygens (including phenoxy) is 3. The summed E-state index contributed by atoms with van der Waals surface area (Å²) in [4.78, 5) is 16.1. The summed E-state index contributed by atoms with van der Waals surface area (Å²) in [6, 6.07) is 5.64. The fourth-order valence-electron chi connectivity index (χ4n) is 2.55. The molecule has 0 aliphatic carbocycles. The first-order valence-corrected chi connectivity index (χ1v) is 8.64. The van der Waals surface area contributed by atoms with Crippen molar-refractivity contribution in [1.82, 2.24) is 19.6 Å². The minimum atomic E-state index is -0.596. The van der Waals surface area contributed by atoms with Crippen molar-refractivity contribution in [1.29, 1.82) is 0 Å². The highest BCUT2D eigenvalue weighted by Gasteiger charge is 2.14. The third kappa shape index (κ3) is 4.22. The predicted octanol–water partition coefficient (Wildman–Crippen LogP) is 2.71. The molecule has 0 spiro atoms. The maximum absolute atomic E-state index is 11.8. The number of amides is 1. The Balaban J connectivity index is 1.76. The lowest BCUT2D eigenvalue weighted by Gasteiger charge is -2.11. The Kier molecular flexibility index (Phi) is 5.78. The van der Waals surface area contributed by atoms with Crippen LogP contribution in [0.1, 0.15) is 19.4 Å². The molecule has 3 aromatic rings. The Labute approximate surface area is 161 Å². The summed E-state index contributed by atoms with van der Waals surface area (Å²) >= 11 is 0. The molecule has 1 aromatic carbocycles. The molecular formula is C18H22N6O4. The van der Waals surface area contributed by atoms with Gasteiger partial charge >= 0.3 is 6.09 Å². The van der Waals surface area contributed by atoms with Crippen molar-refractivity contribution in [3.8, 4) is 11.5 Å². The quantitative estimate of drug-likeness (QED) is 0.637. The van der Waals surface area contributed by atoms with E-state index in [1.807, 2.05) is 18.2 Å². The van der Waals surface area contributed by atoms with Gasteiger partial charge in [-0.1, -0.05) is 6.07 Å². The Morgan fingerprint density at radius 2 is 1.96 bits per heavy atom. The fourth-order valence-corrected chi connectivity index (χ4v) is 2.55. The van der Waals surface area contributed by atoms with Crippen LogP contribution in [0.2, 0.25) is 0 Å². The van der Waals surface area contributed by atoms with Crippen LogP contribution in [-0.2, 0) is 11.3 Å². The SMILES string of the molecule is COc1ccc(CNc2nccn3c(NC(=O)OC(C)C)nnc23)cc1OC. The molecule has 0 saturated carbocycles. The van der Waals surface area contributed by atoms with E-state index in [0.717, 1.165) is 5.56 Å². The van der Waals surface area contributed by atoms with E-state index in [2.05, 4.69) is 25.8 Å². The number of anilines is 2. The van der Waals surface area contributed by atoms with Crippen LogP contribution >= 0.6 is 0 Å². The Bertz CT molecular complexity index is 972. The van der Waals surface area contributed by atoms with Gasteiger partial charge in [-0.3, -0.25) is 9.72 Å². The predicted molar refractivity (Wildman–Crippen MR) is 103 cm³/mol. The van der Waals surface area contributed by atoms with Gasteiger partial charge in [-0.25, -0.2) is 9.78 Å². The summed E-state index contributed by atoms with van der Waals surface area (Å²) in [5.74, 6) is 2.07. The third-order valence-corrected chi connectivity index (χ3v) is 3.79. The van der Waals surface area contributed by atoms with Crippen molar-refractivity contribution in [3.63, 3.8) is 0 Å². The number of benzene rings is 1. The molecule has 0 bridgehead atoms. The van der Waals surface area contributed by atoms with Crippen molar-refractivity contribution >= 4 is 23.5 Å². The molecule has 2 heterocycles. The second kappa shape index (κ2) is 8.42. The van der Waals surface area contributed by atoms with E-state index in [1.165, 1.54) is 0 Å². The molecule has 10 nitrogen and oxygen atoms in total. The molecule has 0 aliphatic rings. The largest absolute Gasteiger partial charge is 0.493 e. The smallest absolute Gasteiger partial charge is 0.414 e. The van der Waals surface area contributed by atoms with Crippen molar-refractivity contribution in [2.45, 2.75) is 26.5 Å². The summed E-state index contributed by atoms with van der Waals surface area (Å²) in [5, 5.41) is 13.9. The van der Waals surface area contributed by atoms with Crippen molar-refractivity contribution in [3.05, 3.63) is 36.2 Å². The Morgan fingerprint density at radius 3 is 2.68 bits per heavy atom. The normalized spacial score (nSPS) is 10.8. The molecule has 148 valence electrons. The number of hydrogen-bond acceptors (Lipinski definition) is 8. The monoisotopic (exact) mass is 386 g/mol. The second-order valence-corrected chi connectivity index (χ2v) is 6.12. The minimum Gasteiger partial charge on any atom is -0.493 e. The molecule has 0 saturated heterocycles. The van der Waals surface area contributed by atoms with E-state index in [9.17, 15) is 4.79 Å². The number of rotatable bonds is 7. The first-order chi connectivity index (χ1) is 13.5. The van der Waals surface area contributed by atoms with Gasteiger partial charge in [-0.2, -0.15) is 0 Å². The molecule has 10 heteroatoms. The van der Waals surface area contributed by atoms with Crippen LogP contribution in [0.15, 0.2) is 30.6 Å². The van der Waals surface area contributed by atoms with E-state index in [-0.39, 0.29) is 12.1 Å². The van der Waals surface area contributed by atoms with Crippen molar-refractivity contribution in [2.75, 3.05) is 24.9 Å². The summed E-state index contributed by atoms with van der Waals surface area (Å²) in [5.41, 5.74) is 1.45. The van der Waals surface area contributed by atoms with E-state index < -0.39 is 6.09 Å². The summed E-state index contributed by atoms with van der Waals surface area (Å²) in [6.07, 6.45) is 2.41. The summed E-state index contributed by atoms with van der Waals surface area (Å²) in [6.45, 7) is 4.02. The molecule has 0 atom stereocenters. The molecule has 2 N–H and O–H groups in total. The van der Waals surface area contributed by atoms with Crippen LogP contribution < -0.4 is 20.1 Å².